The van der Waals surface area contributed by atoms with Crippen molar-refractivity contribution in [2.24, 2.45) is 0 Å². The summed E-state index contributed by atoms with van der Waals surface area (Å²) in [6.45, 7) is 7.42. The molecular weight excluding hydrogens is 296 g/mol. The van der Waals surface area contributed by atoms with E-state index in [1.54, 1.807) is 0 Å². The molecule has 1 fully saturated rings. The first kappa shape index (κ1) is 15.6. The van der Waals surface area contributed by atoms with E-state index in [0.29, 0.717) is 5.92 Å². The second-order valence-electron chi connectivity index (χ2n) is 6.24. The van der Waals surface area contributed by atoms with Gasteiger partial charge in [-0.15, -0.1) is 0 Å². The van der Waals surface area contributed by atoms with Gasteiger partial charge in [-0.25, -0.2) is 0 Å². The first-order valence-electron chi connectivity index (χ1n) is 8.03. The van der Waals surface area contributed by atoms with Gasteiger partial charge in [-0.2, -0.15) is 0 Å². The minimum Gasteiger partial charge on any atom is -0.361 e. The highest BCUT2D eigenvalue weighted by Crippen LogP contribution is 2.28. The summed E-state index contributed by atoms with van der Waals surface area (Å²) >= 11 is 5.99. The van der Waals surface area contributed by atoms with Gasteiger partial charge in [0.25, 0.3) is 0 Å². The molecule has 0 amide bonds. The Labute approximate surface area is 137 Å². The lowest BCUT2D eigenvalue weighted by molar-refractivity contribution is 0.210. The van der Waals surface area contributed by atoms with Gasteiger partial charge in [-0.05, 0) is 63.3 Å². The van der Waals surface area contributed by atoms with E-state index >= 15 is 0 Å². The smallest absolute Gasteiger partial charge is 0.137 e. The molecule has 0 bridgehead atoms. The van der Waals surface area contributed by atoms with E-state index in [2.05, 4.69) is 22.2 Å². The van der Waals surface area contributed by atoms with E-state index in [1.807, 2.05) is 26.0 Å². The van der Waals surface area contributed by atoms with E-state index in [-0.39, 0.29) is 0 Å². The summed E-state index contributed by atoms with van der Waals surface area (Å²) in [5, 5.41) is 4.86. The Morgan fingerprint density at radius 1 is 1.27 bits per heavy atom. The molecule has 4 heteroatoms. The standard InChI is InChI=1S/C18H23ClN2O/c1-13-18(14(2)22-20-13)9-11-21-10-3-4-16(12-21)15-5-7-17(19)8-6-15/h5-8,16H,3-4,9-12H2,1-2H3. The van der Waals surface area contributed by atoms with Crippen molar-refractivity contribution in [1.82, 2.24) is 10.1 Å². The molecular formula is C18H23ClN2O. The molecule has 1 unspecified atom stereocenters. The van der Waals surface area contributed by atoms with Gasteiger partial charge in [-0.1, -0.05) is 28.9 Å². The van der Waals surface area contributed by atoms with Crippen molar-refractivity contribution < 1.29 is 4.52 Å². The fourth-order valence-electron chi connectivity index (χ4n) is 3.39. The van der Waals surface area contributed by atoms with Crippen LogP contribution in [-0.2, 0) is 6.42 Å². The number of benzene rings is 1. The Morgan fingerprint density at radius 3 is 2.73 bits per heavy atom. The van der Waals surface area contributed by atoms with Crippen LogP contribution in [0.3, 0.4) is 0 Å². The Hall–Kier alpha value is -1.32. The number of hydrogen-bond acceptors (Lipinski definition) is 3. The SMILES string of the molecule is Cc1noc(C)c1CCN1CCCC(c2ccc(Cl)cc2)C1. The highest BCUT2D eigenvalue weighted by molar-refractivity contribution is 6.30. The summed E-state index contributed by atoms with van der Waals surface area (Å²) in [7, 11) is 0. The van der Waals surface area contributed by atoms with Crippen LogP contribution >= 0.6 is 11.6 Å². The van der Waals surface area contributed by atoms with E-state index in [4.69, 9.17) is 16.1 Å². The number of aromatic nitrogens is 1. The third kappa shape index (κ3) is 3.53. The van der Waals surface area contributed by atoms with E-state index in [1.165, 1.54) is 30.5 Å². The lowest BCUT2D eigenvalue weighted by Gasteiger charge is -2.33. The summed E-state index contributed by atoms with van der Waals surface area (Å²) in [6, 6.07) is 8.34. The Balaban J connectivity index is 1.60. The van der Waals surface area contributed by atoms with Crippen LogP contribution in [-0.4, -0.2) is 29.7 Å². The largest absolute Gasteiger partial charge is 0.361 e. The molecule has 0 radical (unpaired) electrons. The van der Waals surface area contributed by atoms with Crippen molar-refractivity contribution in [2.75, 3.05) is 19.6 Å². The fraction of sp³-hybridized carbons (Fsp3) is 0.500. The number of likely N-dealkylation sites (tertiary alicyclic amines) is 1. The van der Waals surface area contributed by atoms with Crippen molar-refractivity contribution in [2.45, 2.75) is 39.0 Å². The molecule has 0 spiro atoms. The molecule has 3 nitrogen and oxygen atoms in total. The van der Waals surface area contributed by atoms with Crippen LogP contribution in [0.4, 0.5) is 0 Å². The molecule has 2 heterocycles. The van der Waals surface area contributed by atoms with Crippen molar-refractivity contribution in [3.8, 4) is 0 Å². The minimum absolute atomic E-state index is 0.621. The lowest BCUT2D eigenvalue weighted by atomic mass is 9.90. The highest BCUT2D eigenvalue weighted by atomic mass is 35.5. The topological polar surface area (TPSA) is 29.3 Å². The van der Waals surface area contributed by atoms with Crippen molar-refractivity contribution in [3.05, 3.63) is 51.9 Å². The molecule has 0 saturated carbocycles. The molecule has 0 N–H and O–H groups in total. The maximum Gasteiger partial charge on any atom is 0.137 e. The maximum absolute atomic E-state index is 5.99. The number of piperidine rings is 1. The molecule has 2 aromatic rings. The third-order valence-electron chi connectivity index (χ3n) is 4.71. The predicted molar refractivity (Wildman–Crippen MR) is 89.5 cm³/mol. The van der Waals surface area contributed by atoms with Gasteiger partial charge in [-0.3, -0.25) is 0 Å². The molecule has 1 saturated heterocycles. The number of nitrogens with zero attached hydrogens (tertiary/aromatic N) is 2. The summed E-state index contributed by atoms with van der Waals surface area (Å²) in [4.78, 5) is 2.56. The predicted octanol–water partition coefficient (Wildman–Crippen LogP) is 4.37. The van der Waals surface area contributed by atoms with Crippen LogP contribution in [0.5, 0.6) is 0 Å². The van der Waals surface area contributed by atoms with E-state index < -0.39 is 0 Å². The highest BCUT2D eigenvalue weighted by Gasteiger charge is 2.21. The van der Waals surface area contributed by atoms with Gasteiger partial charge >= 0.3 is 0 Å². The van der Waals surface area contributed by atoms with E-state index in [0.717, 1.165) is 36.0 Å². The summed E-state index contributed by atoms with van der Waals surface area (Å²) in [6.07, 6.45) is 3.55. The lowest BCUT2D eigenvalue weighted by Crippen LogP contribution is -2.35. The average molecular weight is 319 g/mol. The monoisotopic (exact) mass is 318 g/mol. The number of rotatable bonds is 4. The van der Waals surface area contributed by atoms with Crippen LogP contribution in [0, 0.1) is 13.8 Å². The Kier molecular flexibility index (Phi) is 4.84. The first-order chi connectivity index (χ1) is 10.6. The molecule has 118 valence electrons. The molecule has 1 aliphatic heterocycles. The molecule has 1 aromatic heterocycles. The van der Waals surface area contributed by atoms with Crippen LogP contribution in [0.1, 0.15) is 41.3 Å². The van der Waals surface area contributed by atoms with Gasteiger partial charge in [0.2, 0.25) is 0 Å². The summed E-state index contributed by atoms with van der Waals surface area (Å²) < 4.78 is 5.26. The van der Waals surface area contributed by atoms with Gasteiger partial charge in [0.15, 0.2) is 0 Å². The third-order valence-corrected chi connectivity index (χ3v) is 4.96. The summed E-state index contributed by atoms with van der Waals surface area (Å²) in [5.41, 5.74) is 3.71. The molecule has 22 heavy (non-hydrogen) atoms. The van der Waals surface area contributed by atoms with Crippen molar-refractivity contribution in [3.63, 3.8) is 0 Å². The van der Waals surface area contributed by atoms with Crippen molar-refractivity contribution >= 4 is 11.6 Å². The number of halogens is 1. The molecule has 1 aliphatic rings. The van der Waals surface area contributed by atoms with Crippen LogP contribution in [0.25, 0.3) is 0 Å². The zero-order valence-corrected chi connectivity index (χ0v) is 14.1. The number of aryl methyl sites for hydroxylation is 2. The second kappa shape index (κ2) is 6.84. The van der Waals surface area contributed by atoms with Crippen LogP contribution in [0.15, 0.2) is 28.8 Å². The molecule has 3 rings (SSSR count). The van der Waals surface area contributed by atoms with Crippen LogP contribution in [0.2, 0.25) is 5.02 Å². The normalized spacial score (nSPS) is 19.5. The van der Waals surface area contributed by atoms with Gasteiger partial charge in [0.1, 0.15) is 5.76 Å². The summed E-state index contributed by atoms with van der Waals surface area (Å²) in [5.74, 6) is 1.58. The van der Waals surface area contributed by atoms with Gasteiger partial charge in [0, 0.05) is 23.7 Å². The van der Waals surface area contributed by atoms with Gasteiger partial charge < -0.3 is 9.42 Å². The molecule has 1 atom stereocenters. The average Bonchev–Trinajstić information content (AvgIpc) is 2.85. The van der Waals surface area contributed by atoms with Crippen LogP contribution < -0.4 is 0 Å². The van der Waals surface area contributed by atoms with Gasteiger partial charge in [0.05, 0.1) is 5.69 Å². The number of hydrogen-bond donors (Lipinski definition) is 0. The fourth-order valence-corrected chi connectivity index (χ4v) is 3.52. The maximum atomic E-state index is 5.99. The Morgan fingerprint density at radius 2 is 2.05 bits per heavy atom. The van der Waals surface area contributed by atoms with Crippen molar-refractivity contribution in [1.29, 1.82) is 0 Å². The first-order valence-corrected chi connectivity index (χ1v) is 8.41. The molecule has 0 aliphatic carbocycles. The molecule has 1 aromatic carbocycles. The quantitative estimate of drug-likeness (QED) is 0.838. The zero-order valence-electron chi connectivity index (χ0n) is 13.3. The van der Waals surface area contributed by atoms with E-state index in [9.17, 15) is 0 Å². The zero-order chi connectivity index (χ0) is 15.5. The second-order valence-corrected chi connectivity index (χ2v) is 6.68. The Bertz CT molecular complexity index is 601. The minimum atomic E-state index is 0.621.